The Morgan fingerprint density at radius 3 is 2.46 bits per heavy atom. The molecule has 1 heterocycles. The number of rotatable bonds is 4. The first-order chi connectivity index (χ1) is 11.6. The molecule has 0 saturated carbocycles. The smallest absolute Gasteiger partial charge is 0.123 e. The Bertz CT molecular complexity index is 882. The number of aliphatic hydroxyl groups excluding tert-OH is 1. The van der Waals surface area contributed by atoms with Crippen molar-refractivity contribution < 1.29 is 9.50 Å². The van der Waals surface area contributed by atoms with Crippen LogP contribution >= 0.6 is 0 Å². The molecule has 0 atom stereocenters. The van der Waals surface area contributed by atoms with Gasteiger partial charge >= 0.3 is 0 Å². The third-order valence-electron chi connectivity index (χ3n) is 4.03. The molecule has 1 N–H and O–H groups in total. The molecule has 0 bridgehead atoms. The third-order valence-corrected chi connectivity index (χ3v) is 4.03. The lowest BCUT2D eigenvalue weighted by Gasteiger charge is -2.17. The van der Waals surface area contributed by atoms with Crippen molar-refractivity contribution in [1.29, 1.82) is 0 Å². The van der Waals surface area contributed by atoms with E-state index in [1.807, 2.05) is 30.3 Å². The first-order valence-electron chi connectivity index (χ1n) is 8.07. The van der Waals surface area contributed by atoms with Crippen LogP contribution in [0.15, 0.2) is 54.6 Å². The van der Waals surface area contributed by atoms with Crippen LogP contribution in [0.25, 0.3) is 28.1 Å². The van der Waals surface area contributed by atoms with Crippen LogP contribution < -0.4 is 0 Å². The van der Waals surface area contributed by atoms with Crippen molar-refractivity contribution in [1.82, 2.24) is 4.98 Å². The molecular formula is C21H20FNO. The van der Waals surface area contributed by atoms with Gasteiger partial charge in [-0.3, -0.25) is 4.98 Å². The van der Waals surface area contributed by atoms with Crippen molar-refractivity contribution in [3.8, 4) is 11.1 Å². The second-order valence-electron chi connectivity index (χ2n) is 6.05. The van der Waals surface area contributed by atoms with Crippen molar-refractivity contribution in [3.63, 3.8) is 0 Å². The lowest BCUT2D eigenvalue weighted by molar-refractivity contribution is 0.343. The predicted molar refractivity (Wildman–Crippen MR) is 97.3 cm³/mol. The zero-order valence-corrected chi connectivity index (χ0v) is 13.8. The van der Waals surface area contributed by atoms with E-state index in [2.05, 4.69) is 13.8 Å². The molecule has 122 valence electrons. The van der Waals surface area contributed by atoms with Gasteiger partial charge in [0.15, 0.2) is 0 Å². The van der Waals surface area contributed by atoms with Gasteiger partial charge in [0, 0.05) is 16.5 Å². The average molecular weight is 321 g/mol. The molecule has 1 aromatic heterocycles. The Balaban J connectivity index is 2.41. The molecule has 0 amide bonds. The molecule has 0 aliphatic heterocycles. The molecule has 24 heavy (non-hydrogen) atoms. The number of hydrogen-bond acceptors (Lipinski definition) is 2. The summed E-state index contributed by atoms with van der Waals surface area (Å²) in [7, 11) is 0. The van der Waals surface area contributed by atoms with E-state index in [-0.39, 0.29) is 18.3 Å². The molecule has 2 nitrogen and oxygen atoms in total. The zero-order valence-electron chi connectivity index (χ0n) is 13.8. The maximum Gasteiger partial charge on any atom is 0.123 e. The van der Waals surface area contributed by atoms with Gasteiger partial charge in [-0.1, -0.05) is 56.3 Å². The molecule has 0 spiro atoms. The summed E-state index contributed by atoms with van der Waals surface area (Å²) in [6, 6.07) is 14.5. The zero-order chi connectivity index (χ0) is 17.1. The third kappa shape index (κ3) is 3.08. The summed E-state index contributed by atoms with van der Waals surface area (Å²) < 4.78 is 13.4. The Morgan fingerprint density at radius 1 is 1.08 bits per heavy atom. The van der Waals surface area contributed by atoms with E-state index in [0.29, 0.717) is 0 Å². The number of para-hydroxylation sites is 1. The van der Waals surface area contributed by atoms with Crippen molar-refractivity contribution in [2.75, 3.05) is 6.61 Å². The van der Waals surface area contributed by atoms with Gasteiger partial charge in [-0.05, 0) is 29.7 Å². The maximum atomic E-state index is 13.4. The monoisotopic (exact) mass is 321 g/mol. The van der Waals surface area contributed by atoms with E-state index in [1.54, 1.807) is 18.2 Å². The summed E-state index contributed by atoms with van der Waals surface area (Å²) in [5.41, 5.74) is 4.83. The number of aromatic nitrogens is 1. The van der Waals surface area contributed by atoms with Crippen molar-refractivity contribution in [3.05, 3.63) is 71.7 Å². The molecule has 0 aliphatic rings. The fourth-order valence-corrected chi connectivity index (χ4v) is 2.95. The lowest BCUT2D eigenvalue weighted by Crippen LogP contribution is -2.01. The molecule has 0 fully saturated rings. The van der Waals surface area contributed by atoms with Gasteiger partial charge in [0.2, 0.25) is 0 Å². The number of fused-ring (bicyclic) bond motifs is 1. The summed E-state index contributed by atoms with van der Waals surface area (Å²) in [4.78, 5) is 4.82. The predicted octanol–water partition coefficient (Wildman–Crippen LogP) is 5.17. The van der Waals surface area contributed by atoms with E-state index in [0.717, 1.165) is 33.3 Å². The second kappa shape index (κ2) is 6.93. The highest BCUT2D eigenvalue weighted by Gasteiger charge is 2.16. The van der Waals surface area contributed by atoms with E-state index in [1.165, 1.54) is 12.1 Å². The van der Waals surface area contributed by atoms with Crippen LogP contribution in [-0.4, -0.2) is 16.7 Å². The van der Waals surface area contributed by atoms with Crippen molar-refractivity contribution >= 4 is 17.0 Å². The Morgan fingerprint density at radius 2 is 1.79 bits per heavy atom. The fraction of sp³-hybridized carbons (Fsp3) is 0.190. The summed E-state index contributed by atoms with van der Waals surface area (Å²) in [5, 5.41) is 10.2. The summed E-state index contributed by atoms with van der Waals surface area (Å²) in [6.45, 7) is 4.16. The lowest BCUT2D eigenvalue weighted by atomic mass is 9.90. The minimum absolute atomic E-state index is 0.0345. The Labute approximate surface area is 141 Å². The normalized spacial score (nSPS) is 11.7. The Hall–Kier alpha value is -2.52. The molecule has 3 heteroatoms. The molecule has 0 aliphatic carbocycles. The van der Waals surface area contributed by atoms with Gasteiger partial charge in [0.1, 0.15) is 5.82 Å². The van der Waals surface area contributed by atoms with Crippen LogP contribution in [0.4, 0.5) is 4.39 Å². The van der Waals surface area contributed by atoms with Crippen LogP contribution in [0.2, 0.25) is 0 Å². The van der Waals surface area contributed by atoms with Crippen LogP contribution in [0.1, 0.15) is 31.0 Å². The standard InChI is InChI=1S/C21H20FNO/c1-14(2)21-18(7-5-13-24)20(15-9-11-16(22)12-10-15)17-6-3-4-8-19(17)23-21/h3-12,14,24H,13H2,1-2H3/b7-5+. The summed E-state index contributed by atoms with van der Waals surface area (Å²) in [6.07, 6.45) is 3.62. The SMILES string of the molecule is CC(C)c1nc2ccccc2c(-c2ccc(F)cc2)c1/C=C/CO. The summed E-state index contributed by atoms with van der Waals surface area (Å²) >= 11 is 0. The van der Waals surface area contributed by atoms with Gasteiger partial charge in [-0.15, -0.1) is 0 Å². The Kier molecular flexibility index (Phi) is 4.72. The highest BCUT2D eigenvalue weighted by molar-refractivity contribution is 5.99. The number of aliphatic hydroxyl groups is 1. The quantitative estimate of drug-likeness (QED) is 0.719. The molecule has 3 aromatic rings. The largest absolute Gasteiger partial charge is 0.392 e. The van der Waals surface area contributed by atoms with E-state index in [9.17, 15) is 9.50 Å². The number of pyridine rings is 1. The van der Waals surface area contributed by atoms with Gasteiger partial charge in [-0.2, -0.15) is 0 Å². The molecule has 0 unspecified atom stereocenters. The number of hydrogen-bond donors (Lipinski definition) is 1. The minimum atomic E-state index is -0.256. The fourth-order valence-electron chi connectivity index (χ4n) is 2.95. The first-order valence-corrected chi connectivity index (χ1v) is 8.07. The van der Waals surface area contributed by atoms with Crippen LogP contribution in [0.3, 0.4) is 0 Å². The van der Waals surface area contributed by atoms with Gasteiger partial charge in [0.25, 0.3) is 0 Å². The minimum Gasteiger partial charge on any atom is -0.392 e. The van der Waals surface area contributed by atoms with Crippen LogP contribution in [0, 0.1) is 5.82 Å². The number of halogens is 1. The molecule has 2 aromatic carbocycles. The number of benzene rings is 2. The molecule has 3 rings (SSSR count). The van der Waals surface area contributed by atoms with Crippen LogP contribution in [0.5, 0.6) is 0 Å². The topological polar surface area (TPSA) is 33.1 Å². The van der Waals surface area contributed by atoms with Crippen LogP contribution in [-0.2, 0) is 0 Å². The number of nitrogens with zero attached hydrogens (tertiary/aromatic N) is 1. The van der Waals surface area contributed by atoms with E-state index in [4.69, 9.17) is 4.98 Å². The molecule has 0 saturated heterocycles. The van der Waals surface area contributed by atoms with Gasteiger partial charge in [-0.25, -0.2) is 4.39 Å². The summed E-state index contributed by atoms with van der Waals surface area (Å²) in [5.74, 6) is -0.0270. The maximum absolute atomic E-state index is 13.4. The molecule has 0 radical (unpaired) electrons. The molecular weight excluding hydrogens is 301 g/mol. The average Bonchev–Trinajstić information content (AvgIpc) is 2.59. The van der Waals surface area contributed by atoms with Crippen molar-refractivity contribution in [2.24, 2.45) is 0 Å². The van der Waals surface area contributed by atoms with E-state index < -0.39 is 0 Å². The highest BCUT2D eigenvalue weighted by atomic mass is 19.1. The highest BCUT2D eigenvalue weighted by Crippen LogP contribution is 2.36. The second-order valence-corrected chi connectivity index (χ2v) is 6.05. The van der Waals surface area contributed by atoms with Gasteiger partial charge in [0.05, 0.1) is 17.8 Å². The van der Waals surface area contributed by atoms with Crippen molar-refractivity contribution in [2.45, 2.75) is 19.8 Å². The van der Waals surface area contributed by atoms with Gasteiger partial charge < -0.3 is 5.11 Å². The van der Waals surface area contributed by atoms with E-state index >= 15 is 0 Å². The first kappa shape index (κ1) is 16.3.